The van der Waals surface area contributed by atoms with Crippen molar-refractivity contribution in [2.75, 3.05) is 13.6 Å². The van der Waals surface area contributed by atoms with Gasteiger partial charge in [0.2, 0.25) is 5.60 Å². The molecule has 0 radical (unpaired) electrons. The summed E-state index contributed by atoms with van der Waals surface area (Å²) in [7, 11) is 1.62. The number of carboxylic acids is 1. The number of hydrogen-bond acceptors (Lipinski definition) is 5. The number of carboxylic acid groups (broad SMARTS) is 1. The lowest BCUT2D eigenvalue weighted by atomic mass is 9.82. The first-order valence-electron chi connectivity index (χ1n) is 9.82. The molecule has 2 aromatic rings. The summed E-state index contributed by atoms with van der Waals surface area (Å²) in [6.07, 6.45) is 2.03. The summed E-state index contributed by atoms with van der Waals surface area (Å²) in [6, 6.07) is 6.99. The third-order valence-electron chi connectivity index (χ3n) is 5.81. The lowest BCUT2D eigenvalue weighted by Crippen LogP contribution is -2.37. The number of hydrogen-bond donors (Lipinski definition) is 3. The van der Waals surface area contributed by atoms with Crippen molar-refractivity contribution in [1.82, 2.24) is 14.7 Å². The first-order chi connectivity index (χ1) is 14.1. The maximum absolute atomic E-state index is 12.1. The molecule has 8 heteroatoms. The van der Waals surface area contributed by atoms with Gasteiger partial charge in [0.25, 0.3) is 5.91 Å². The largest absolute Gasteiger partial charge is 0.476 e. The smallest absolute Gasteiger partial charge is 0.356 e. The zero-order chi connectivity index (χ0) is 21.7. The highest BCUT2D eigenvalue weighted by atomic mass is 16.4. The number of likely N-dealkylation sites (N-methyl/N-ethyl adjacent to an activating group) is 1. The lowest BCUT2D eigenvalue weighted by molar-refractivity contribution is -0.137. The molecule has 1 aromatic heterocycles. The van der Waals surface area contributed by atoms with Crippen LogP contribution in [0.3, 0.4) is 0 Å². The molecule has 0 spiro atoms. The monoisotopic (exact) mass is 409 g/mol. The average molecular weight is 409 g/mol. The molecule has 1 fully saturated rings. The summed E-state index contributed by atoms with van der Waals surface area (Å²) in [5, 5.41) is 35.1. The number of aliphatic hydroxyl groups is 2. The zero-order valence-electron chi connectivity index (χ0n) is 16.8. The molecule has 2 atom stereocenters. The second kappa shape index (κ2) is 6.97. The van der Waals surface area contributed by atoms with E-state index in [1.807, 2.05) is 0 Å². The summed E-state index contributed by atoms with van der Waals surface area (Å²) in [4.78, 5) is 25.3. The minimum absolute atomic E-state index is 0.153. The van der Waals surface area contributed by atoms with Crippen LogP contribution in [0, 0.1) is 11.8 Å². The number of carbonyl (C=O) groups is 2. The SMILES string of the molecule is CN1CCC(O)(C#Cc2cccc(-n3nc(C(=O)O)c4c3CCCC4(C)O)c2)C1=O. The summed E-state index contributed by atoms with van der Waals surface area (Å²) in [5.74, 6) is 3.94. The second-order valence-electron chi connectivity index (χ2n) is 8.15. The van der Waals surface area contributed by atoms with Gasteiger partial charge in [0, 0.05) is 31.1 Å². The van der Waals surface area contributed by atoms with Crippen molar-refractivity contribution in [3.8, 4) is 17.5 Å². The van der Waals surface area contributed by atoms with Crippen LogP contribution in [0.1, 0.15) is 53.5 Å². The Balaban J connectivity index is 1.75. The van der Waals surface area contributed by atoms with Crippen molar-refractivity contribution in [3.63, 3.8) is 0 Å². The fourth-order valence-electron chi connectivity index (χ4n) is 4.20. The summed E-state index contributed by atoms with van der Waals surface area (Å²) in [6.45, 7) is 2.06. The summed E-state index contributed by atoms with van der Waals surface area (Å²) < 4.78 is 1.54. The number of benzene rings is 1. The van der Waals surface area contributed by atoms with Crippen LogP contribution in [-0.2, 0) is 16.8 Å². The van der Waals surface area contributed by atoms with Crippen molar-refractivity contribution in [2.45, 2.75) is 43.8 Å². The van der Waals surface area contributed by atoms with Crippen LogP contribution in [-0.4, -0.2) is 61.1 Å². The second-order valence-corrected chi connectivity index (χ2v) is 8.15. The highest BCUT2D eigenvalue weighted by Gasteiger charge is 2.42. The zero-order valence-corrected chi connectivity index (χ0v) is 16.8. The fraction of sp³-hybridized carbons (Fsp3) is 0.409. The minimum Gasteiger partial charge on any atom is -0.476 e. The lowest BCUT2D eigenvalue weighted by Gasteiger charge is -2.29. The molecule has 2 heterocycles. The van der Waals surface area contributed by atoms with Gasteiger partial charge in [-0.2, -0.15) is 5.10 Å². The van der Waals surface area contributed by atoms with Crippen LogP contribution in [0.15, 0.2) is 24.3 Å². The van der Waals surface area contributed by atoms with Crippen LogP contribution >= 0.6 is 0 Å². The number of fused-ring (bicyclic) bond motifs is 1. The minimum atomic E-state index is -1.69. The van der Waals surface area contributed by atoms with E-state index in [9.17, 15) is 24.9 Å². The van der Waals surface area contributed by atoms with E-state index in [2.05, 4.69) is 16.9 Å². The molecular formula is C22H23N3O5. The van der Waals surface area contributed by atoms with Crippen molar-refractivity contribution >= 4 is 11.9 Å². The molecule has 156 valence electrons. The molecule has 1 amide bonds. The Hall–Kier alpha value is -3.15. The highest BCUT2D eigenvalue weighted by Crippen LogP contribution is 2.38. The third-order valence-corrected chi connectivity index (χ3v) is 5.81. The van der Waals surface area contributed by atoms with Crippen molar-refractivity contribution in [1.29, 1.82) is 0 Å². The molecule has 1 saturated heterocycles. The van der Waals surface area contributed by atoms with Gasteiger partial charge in [-0.1, -0.05) is 17.9 Å². The predicted molar refractivity (Wildman–Crippen MR) is 107 cm³/mol. The quantitative estimate of drug-likeness (QED) is 0.639. The number of nitrogens with zero attached hydrogens (tertiary/aromatic N) is 3. The van der Waals surface area contributed by atoms with Gasteiger partial charge in [0.15, 0.2) is 5.69 Å². The number of likely N-dealkylation sites (tertiary alicyclic amines) is 1. The summed E-state index contributed by atoms with van der Waals surface area (Å²) in [5.41, 5.74) is -0.913. The number of amides is 1. The van der Waals surface area contributed by atoms with E-state index in [1.54, 1.807) is 42.9 Å². The van der Waals surface area contributed by atoms with Gasteiger partial charge < -0.3 is 20.2 Å². The maximum Gasteiger partial charge on any atom is 0.356 e. The van der Waals surface area contributed by atoms with Gasteiger partial charge in [-0.15, -0.1) is 0 Å². The fourth-order valence-corrected chi connectivity index (χ4v) is 4.20. The molecule has 2 aliphatic rings. The Bertz CT molecular complexity index is 1110. The van der Waals surface area contributed by atoms with E-state index in [1.165, 1.54) is 4.90 Å². The van der Waals surface area contributed by atoms with Gasteiger partial charge in [-0.3, -0.25) is 4.79 Å². The molecule has 3 N–H and O–H groups in total. The number of aromatic nitrogens is 2. The van der Waals surface area contributed by atoms with Crippen molar-refractivity contribution in [3.05, 3.63) is 46.8 Å². The third kappa shape index (κ3) is 3.26. The van der Waals surface area contributed by atoms with Gasteiger partial charge >= 0.3 is 5.97 Å². The Morgan fingerprint density at radius 1 is 1.27 bits per heavy atom. The van der Waals surface area contributed by atoms with Crippen molar-refractivity contribution < 1.29 is 24.9 Å². The highest BCUT2D eigenvalue weighted by molar-refractivity contribution is 5.90. The Morgan fingerprint density at radius 2 is 2.03 bits per heavy atom. The molecule has 0 bridgehead atoms. The van der Waals surface area contributed by atoms with Gasteiger partial charge in [-0.05, 0) is 44.4 Å². The van der Waals surface area contributed by atoms with Gasteiger partial charge in [0.05, 0.1) is 17.0 Å². The van der Waals surface area contributed by atoms with Crippen LogP contribution in [0.25, 0.3) is 5.69 Å². The van der Waals surface area contributed by atoms with E-state index in [0.717, 1.165) is 0 Å². The Morgan fingerprint density at radius 3 is 2.70 bits per heavy atom. The normalized spacial score (nSPS) is 25.6. The molecular weight excluding hydrogens is 386 g/mol. The van der Waals surface area contributed by atoms with E-state index in [0.29, 0.717) is 48.3 Å². The van der Waals surface area contributed by atoms with Crippen LogP contribution in [0.2, 0.25) is 0 Å². The average Bonchev–Trinajstić information content (AvgIpc) is 3.22. The Labute approximate surface area is 173 Å². The number of rotatable bonds is 2. The number of aromatic carboxylic acids is 1. The van der Waals surface area contributed by atoms with E-state index in [-0.39, 0.29) is 12.1 Å². The van der Waals surface area contributed by atoms with Crippen LogP contribution < -0.4 is 0 Å². The molecule has 2 unspecified atom stereocenters. The van der Waals surface area contributed by atoms with Crippen LogP contribution in [0.4, 0.5) is 0 Å². The predicted octanol–water partition coefficient (Wildman–Crippen LogP) is 1.06. The standard InChI is InChI=1S/C22H23N3O5/c1-21(29)9-4-7-16-17(21)18(19(26)27)23-25(16)15-6-3-5-14(13-15)8-10-22(30)11-12-24(2)20(22)28/h3,5-6,13,29-30H,4,7,9,11-12H2,1-2H3,(H,26,27). The molecule has 0 saturated carbocycles. The topological polar surface area (TPSA) is 116 Å². The summed E-state index contributed by atoms with van der Waals surface area (Å²) >= 11 is 0. The maximum atomic E-state index is 12.1. The van der Waals surface area contributed by atoms with Crippen molar-refractivity contribution in [2.24, 2.45) is 0 Å². The first-order valence-corrected chi connectivity index (χ1v) is 9.82. The Kier molecular flexibility index (Phi) is 4.68. The first kappa shape index (κ1) is 20.1. The molecule has 1 aliphatic carbocycles. The van der Waals surface area contributed by atoms with E-state index in [4.69, 9.17) is 0 Å². The molecule has 1 aromatic carbocycles. The molecule has 8 nitrogen and oxygen atoms in total. The van der Waals surface area contributed by atoms with E-state index >= 15 is 0 Å². The molecule has 1 aliphatic heterocycles. The molecule has 30 heavy (non-hydrogen) atoms. The van der Waals surface area contributed by atoms with Gasteiger partial charge in [0.1, 0.15) is 0 Å². The van der Waals surface area contributed by atoms with Gasteiger partial charge in [-0.25, -0.2) is 9.48 Å². The van der Waals surface area contributed by atoms with Crippen LogP contribution in [0.5, 0.6) is 0 Å². The van der Waals surface area contributed by atoms with E-state index < -0.39 is 23.1 Å². The molecule has 4 rings (SSSR count). The number of carbonyl (C=O) groups excluding carboxylic acids is 1.